The van der Waals surface area contributed by atoms with Crippen LogP contribution in [0.5, 0.6) is 0 Å². The molecule has 3 rings (SSSR count). The van der Waals surface area contributed by atoms with Gasteiger partial charge in [-0.2, -0.15) is 0 Å². The standard InChI is InChI=1S/C19H33N3O3/c1-20(18(23)8-5-9-21-12-14-25-15-13-21)16-6-4-7-17(19(16)24)22-10-2-3-11-22/h5,8,16-17,19,24H,2-4,6-7,9-15H2,1H3/b8-5+/t16-,17-,19-/m1/s1. The second-order valence-corrected chi connectivity index (χ2v) is 7.56. The van der Waals surface area contributed by atoms with Crippen LogP contribution < -0.4 is 0 Å². The molecule has 2 aliphatic heterocycles. The summed E-state index contributed by atoms with van der Waals surface area (Å²) in [6, 6.07) is 0.147. The van der Waals surface area contributed by atoms with Crippen molar-refractivity contribution in [2.75, 3.05) is 53.0 Å². The second-order valence-electron chi connectivity index (χ2n) is 7.56. The van der Waals surface area contributed by atoms with E-state index < -0.39 is 6.10 Å². The maximum Gasteiger partial charge on any atom is 0.246 e. The predicted octanol–water partition coefficient (Wildman–Crippen LogP) is 0.711. The third-order valence-electron chi connectivity index (χ3n) is 5.97. The molecule has 6 nitrogen and oxygen atoms in total. The molecule has 0 spiro atoms. The Labute approximate surface area is 151 Å². The van der Waals surface area contributed by atoms with Gasteiger partial charge in [0.1, 0.15) is 0 Å². The normalized spacial score (nSPS) is 32.3. The average molecular weight is 351 g/mol. The van der Waals surface area contributed by atoms with Gasteiger partial charge in [-0.05, 0) is 45.2 Å². The number of hydrogen-bond acceptors (Lipinski definition) is 5. The van der Waals surface area contributed by atoms with Crippen LogP contribution in [-0.2, 0) is 9.53 Å². The van der Waals surface area contributed by atoms with Gasteiger partial charge in [-0.15, -0.1) is 0 Å². The Hall–Kier alpha value is -0.950. The summed E-state index contributed by atoms with van der Waals surface area (Å²) >= 11 is 0. The first kappa shape index (κ1) is 18.8. The number of ether oxygens (including phenoxy) is 1. The van der Waals surface area contributed by atoms with Crippen LogP contribution in [0, 0.1) is 0 Å². The van der Waals surface area contributed by atoms with Gasteiger partial charge >= 0.3 is 0 Å². The van der Waals surface area contributed by atoms with Gasteiger partial charge in [-0.1, -0.05) is 6.08 Å². The number of likely N-dealkylation sites (tertiary alicyclic amines) is 1. The van der Waals surface area contributed by atoms with Crippen LogP contribution >= 0.6 is 0 Å². The molecule has 142 valence electrons. The third kappa shape index (κ3) is 4.82. The lowest BCUT2D eigenvalue weighted by Gasteiger charge is -2.43. The van der Waals surface area contributed by atoms with Crippen molar-refractivity contribution in [2.45, 2.75) is 50.3 Å². The van der Waals surface area contributed by atoms with Gasteiger partial charge in [0.25, 0.3) is 0 Å². The maximum absolute atomic E-state index is 12.5. The fraction of sp³-hybridized carbons (Fsp3) is 0.842. The highest BCUT2D eigenvalue weighted by Gasteiger charge is 2.38. The molecule has 1 N–H and O–H groups in total. The molecule has 1 amide bonds. The fourth-order valence-electron chi connectivity index (χ4n) is 4.40. The van der Waals surface area contributed by atoms with Gasteiger partial charge < -0.3 is 14.7 Å². The summed E-state index contributed by atoms with van der Waals surface area (Å²) in [5.41, 5.74) is 0. The van der Waals surface area contributed by atoms with Crippen molar-refractivity contribution < 1.29 is 14.6 Å². The van der Waals surface area contributed by atoms with Crippen LogP contribution in [0.4, 0.5) is 0 Å². The number of amides is 1. The van der Waals surface area contributed by atoms with Crippen molar-refractivity contribution in [2.24, 2.45) is 0 Å². The number of aliphatic hydroxyl groups is 1. The first-order chi connectivity index (χ1) is 12.2. The van der Waals surface area contributed by atoms with Crippen molar-refractivity contribution in [3.05, 3.63) is 12.2 Å². The Balaban J connectivity index is 1.51. The van der Waals surface area contributed by atoms with E-state index in [2.05, 4.69) is 9.80 Å². The molecule has 3 atom stereocenters. The summed E-state index contributed by atoms with van der Waals surface area (Å²) in [4.78, 5) is 19.0. The first-order valence-electron chi connectivity index (χ1n) is 9.82. The molecule has 0 unspecified atom stereocenters. The molecule has 1 aliphatic carbocycles. The molecule has 0 aromatic heterocycles. The van der Waals surface area contributed by atoms with E-state index in [0.29, 0.717) is 0 Å². The van der Waals surface area contributed by atoms with E-state index in [1.807, 2.05) is 13.1 Å². The van der Waals surface area contributed by atoms with Crippen LogP contribution in [-0.4, -0.2) is 96.9 Å². The first-order valence-corrected chi connectivity index (χ1v) is 9.82. The largest absolute Gasteiger partial charge is 0.389 e. The zero-order valence-electron chi connectivity index (χ0n) is 15.5. The summed E-state index contributed by atoms with van der Waals surface area (Å²) in [5.74, 6) is -0.000573. The van der Waals surface area contributed by atoms with E-state index in [9.17, 15) is 9.90 Å². The van der Waals surface area contributed by atoms with Crippen molar-refractivity contribution in [1.82, 2.24) is 14.7 Å². The van der Waals surface area contributed by atoms with Crippen molar-refractivity contribution in [3.8, 4) is 0 Å². The highest BCUT2D eigenvalue weighted by molar-refractivity contribution is 5.87. The lowest BCUT2D eigenvalue weighted by atomic mass is 9.86. The highest BCUT2D eigenvalue weighted by Crippen LogP contribution is 2.29. The van der Waals surface area contributed by atoms with Gasteiger partial charge in [0.15, 0.2) is 0 Å². The third-order valence-corrected chi connectivity index (χ3v) is 5.97. The van der Waals surface area contributed by atoms with E-state index in [4.69, 9.17) is 4.74 Å². The van der Waals surface area contributed by atoms with Crippen LogP contribution in [0.25, 0.3) is 0 Å². The molecular formula is C19H33N3O3. The van der Waals surface area contributed by atoms with Gasteiger partial charge in [0.05, 0.1) is 25.4 Å². The molecule has 0 aromatic rings. The zero-order chi connectivity index (χ0) is 17.6. The number of carbonyl (C=O) groups is 1. The molecule has 0 aromatic carbocycles. The topological polar surface area (TPSA) is 56.2 Å². The van der Waals surface area contributed by atoms with Crippen LogP contribution in [0.2, 0.25) is 0 Å². The van der Waals surface area contributed by atoms with Crippen LogP contribution in [0.1, 0.15) is 32.1 Å². The molecule has 3 aliphatic rings. The maximum atomic E-state index is 12.5. The molecule has 0 bridgehead atoms. The molecule has 25 heavy (non-hydrogen) atoms. The molecule has 6 heteroatoms. The number of carbonyl (C=O) groups excluding carboxylic acids is 1. The van der Waals surface area contributed by atoms with E-state index in [-0.39, 0.29) is 18.0 Å². The molecule has 2 heterocycles. The highest BCUT2D eigenvalue weighted by atomic mass is 16.5. The van der Waals surface area contributed by atoms with Gasteiger partial charge in [0, 0.05) is 38.8 Å². The molecule has 0 radical (unpaired) electrons. The summed E-state index contributed by atoms with van der Waals surface area (Å²) in [6.07, 6.45) is 8.66. The molecular weight excluding hydrogens is 318 g/mol. The SMILES string of the molecule is CN(C(=O)/C=C/CN1CCOCC1)[C@@H]1CCC[C@@H](N2CCCC2)[C@@H]1O. The number of likely N-dealkylation sites (N-methyl/N-ethyl adjacent to an activating group) is 1. The van der Waals surface area contributed by atoms with Crippen molar-refractivity contribution in [3.63, 3.8) is 0 Å². The van der Waals surface area contributed by atoms with Gasteiger partial charge in [-0.25, -0.2) is 0 Å². The molecule has 2 saturated heterocycles. The minimum absolute atomic E-state index is 0.000573. The average Bonchev–Trinajstić information content (AvgIpc) is 3.16. The minimum atomic E-state index is -0.437. The van der Waals surface area contributed by atoms with Gasteiger partial charge in [-0.3, -0.25) is 14.6 Å². The van der Waals surface area contributed by atoms with E-state index >= 15 is 0 Å². The summed E-state index contributed by atoms with van der Waals surface area (Å²) in [6.45, 7) is 6.35. The minimum Gasteiger partial charge on any atom is -0.389 e. The lowest BCUT2D eigenvalue weighted by Crippen LogP contribution is -2.56. The molecule has 3 fully saturated rings. The van der Waals surface area contributed by atoms with Crippen LogP contribution in [0.3, 0.4) is 0 Å². The van der Waals surface area contributed by atoms with E-state index in [1.54, 1.807) is 11.0 Å². The van der Waals surface area contributed by atoms with E-state index in [0.717, 1.165) is 65.2 Å². The lowest BCUT2D eigenvalue weighted by molar-refractivity contribution is -0.132. The monoisotopic (exact) mass is 351 g/mol. The van der Waals surface area contributed by atoms with Crippen LogP contribution in [0.15, 0.2) is 12.2 Å². The van der Waals surface area contributed by atoms with E-state index in [1.165, 1.54) is 12.8 Å². The quantitative estimate of drug-likeness (QED) is 0.740. The Morgan fingerprint density at radius 2 is 1.88 bits per heavy atom. The number of morpholine rings is 1. The Morgan fingerprint density at radius 3 is 2.60 bits per heavy atom. The number of nitrogens with zero attached hydrogens (tertiary/aromatic N) is 3. The number of rotatable bonds is 5. The summed E-state index contributed by atoms with van der Waals surface area (Å²) < 4.78 is 5.34. The number of hydrogen-bond donors (Lipinski definition) is 1. The Kier molecular flexibility index (Phi) is 6.87. The van der Waals surface area contributed by atoms with Gasteiger partial charge in [0.2, 0.25) is 5.91 Å². The fourth-order valence-corrected chi connectivity index (χ4v) is 4.40. The smallest absolute Gasteiger partial charge is 0.246 e. The summed E-state index contributed by atoms with van der Waals surface area (Å²) in [5, 5.41) is 10.9. The predicted molar refractivity (Wildman–Crippen MR) is 97.4 cm³/mol. The second kappa shape index (κ2) is 9.12. The van der Waals surface area contributed by atoms with Crippen molar-refractivity contribution in [1.29, 1.82) is 0 Å². The summed E-state index contributed by atoms with van der Waals surface area (Å²) in [7, 11) is 1.83. The van der Waals surface area contributed by atoms with Crippen molar-refractivity contribution >= 4 is 5.91 Å². The molecule has 1 saturated carbocycles. The number of aliphatic hydroxyl groups excluding tert-OH is 1. The Morgan fingerprint density at radius 1 is 1.16 bits per heavy atom. The zero-order valence-corrected chi connectivity index (χ0v) is 15.5. The Bertz CT molecular complexity index is 459.